The molecule has 0 bridgehead atoms. The van der Waals surface area contributed by atoms with Crippen LogP contribution in [0.2, 0.25) is 0 Å². The molecule has 6 nitrogen and oxygen atoms in total. The molecule has 24 heavy (non-hydrogen) atoms. The van der Waals surface area contributed by atoms with Gasteiger partial charge < -0.3 is 24.8 Å². The molecule has 9 heteroatoms. The number of hydrogen-bond acceptors (Lipinski definition) is 4. The van der Waals surface area contributed by atoms with Gasteiger partial charge in [0.05, 0.1) is 0 Å². The summed E-state index contributed by atoms with van der Waals surface area (Å²) in [6, 6.07) is 3.05. The molecule has 0 aliphatic carbocycles. The van der Waals surface area contributed by atoms with Gasteiger partial charge in [0.25, 0.3) is 0 Å². The molecule has 0 fully saturated rings. The number of rotatable bonds is 7. The molecule has 0 amide bonds. The van der Waals surface area contributed by atoms with Gasteiger partial charge in [-0.15, -0.1) is 24.0 Å². The quantitative estimate of drug-likeness (QED) is 0.285. The smallest absolute Gasteiger partial charge is 0.387 e. The lowest BCUT2D eigenvalue weighted by molar-refractivity contribution is -0.0505. The molecule has 1 aromatic carbocycles. The molecule has 1 aromatic rings. The van der Waals surface area contributed by atoms with Crippen LogP contribution >= 0.6 is 24.0 Å². The molecule has 1 aliphatic heterocycles. The Hall–Kier alpha value is -1.52. The molecule has 136 valence electrons. The summed E-state index contributed by atoms with van der Waals surface area (Å²) >= 11 is 0. The highest BCUT2D eigenvalue weighted by Gasteiger charge is 2.20. The maximum atomic E-state index is 12.6. The van der Waals surface area contributed by atoms with Crippen molar-refractivity contribution >= 4 is 29.9 Å². The standard InChI is InChI=1S/C15H21F2N3O3.HI/c1-3-4-5-19-15(18-2)20-8-10-6-12-13(22-9-21-12)7-11(10)23-14(16)17;/h6-7,14H,3-5,8-9H2,1-2H3,(H2,18,19,20);1H. The van der Waals surface area contributed by atoms with Crippen molar-refractivity contribution in [3.8, 4) is 17.2 Å². The summed E-state index contributed by atoms with van der Waals surface area (Å²) in [5.41, 5.74) is 0.535. The first-order chi connectivity index (χ1) is 11.1. The van der Waals surface area contributed by atoms with Crippen molar-refractivity contribution in [1.29, 1.82) is 0 Å². The highest BCUT2D eigenvalue weighted by atomic mass is 127. The SMILES string of the molecule is CCCCNC(=NC)NCc1cc2c(cc1OC(F)F)OCO2.I. The van der Waals surface area contributed by atoms with Gasteiger partial charge in [-0.25, -0.2) is 0 Å². The van der Waals surface area contributed by atoms with E-state index in [1.807, 2.05) is 0 Å². The van der Waals surface area contributed by atoms with Crippen LogP contribution in [0.3, 0.4) is 0 Å². The van der Waals surface area contributed by atoms with E-state index in [1.165, 1.54) is 6.07 Å². The van der Waals surface area contributed by atoms with Crippen LogP contribution in [0.4, 0.5) is 8.78 Å². The molecule has 1 heterocycles. The summed E-state index contributed by atoms with van der Waals surface area (Å²) in [6.07, 6.45) is 2.09. The van der Waals surface area contributed by atoms with Crippen molar-refractivity contribution in [3.63, 3.8) is 0 Å². The van der Waals surface area contributed by atoms with Gasteiger partial charge in [-0.05, 0) is 12.5 Å². The third-order valence-electron chi connectivity index (χ3n) is 3.26. The highest BCUT2D eigenvalue weighted by molar-refractivity contribution is 14.0. The molecule has 0 unspecified atom stereocenters. The molecule has 0 atom stereocenters. The Labute approximate surface area is 157 Å². The Morgan fingerprint density at radius 2 is 2.00 bits per heavy atom. The van der Waals surface area contributed by atoms with E-state index in [2.05, 4.69) is 27.3 Å². The number of aliphatic imine (C=N–C) groups is 1. The largest absolute Gasteiger partial charge is 0.454 e. The van der Waals surface area contributed by atoms with Crippen LogP contribution < -0.4 is 24.8 Å². The number of halogens is 3. The van der Waals surface area contributed by atoms with Crippen LogP contribution in [0.15, 0.2) is 17.1 Å². The van der Waals surface area contributed by atoms with Crippen molar-refractivity contribution in [2.24, 2.45) is 4.99 Å². The fourth-order valence-electron chi connectivity index (χ4n) is 2.09. The van der Waals surface area contributed by atoms with Gasteiger partial charge in [-0.3, -0.25) is 4.99 Å². The van der Waals surface area contributed by atoms with E-state index in [0.29, 0.717) is 23.0 Å². The van der Waals surface area contributed by atoms with Crippen molar-refractivity contribution < 1.29 is 23.0 Å². The van der Waals surface area contributed by atoms with E-state index in [1.54, 1.807) is 13.1 Å². The van der Waals surface area contributed by atoms with E-state index in [0.717, 1.165) is 19.4 Å². The van der Waals surface area contributed by atoms with Crippen LogP contribution in [-0.4, -0.2) is 33.0 Å². The predicted molar refractivity (Wildman–Crippen MR) is 97.7 cm³/mol. The molecule has 2 N–H and O–H groups in total. The number of benzene rings is 1. The van der Waals surface area contributed by atoms with Crippen molar-refractivity contribution in [2.45, 2.75) is 32.9 Å². The van der Waals surface area contributed by atoms with Crippen LogP contribution in [0.1, 0.15) is 25.3 Å². The summed E-state index contributed by atoms with van der Waals surface area (Å²) < 4.78 is 40.2. The van der Waals surface area contributed by atoms with E-state index in [-0.39, 0.29) is 43.1 Å². The van der Waals surface area contributed by atoms with E-state index in [9.17, 15) is 8.78 Å². The zero-order valence-electron chi connectivity index (χ0n) is 13.6. The molecule has 0 spiro atoms. The predicted octanol–water partition coefficient (Wildman–Crippen LogP) is 3.10. The van der Waals surface area contributed by atoms with E-state index in [4.69, 9.17) is 9.47 Å². The fourth-order valence-corrected chi connectivity index (χ4v) is 2.09. The summed E-state index contributed by atoms with van der Waals surface area (Å²) in [6.45, 7) is 0.317. The first-order valence-corrected chi connectivity index (χ1v) is 7.46. The number of guanidine groups is 1. The monoisotopic (exact) mass is 457 g/mol. The molecule has 0 saturated heterocycles. The van der Waals surface area contributed by atoms with Gasteiger partial charge in [0.2, 0.25) is 6.79 Å². The zero-order chi connectivity index (χ0) is 16.7. The summed E-state index contributed by atoms with van der Waals surface area (Å²) in [4.78, 5) is 4.09. The van der Waals surface area contributed by atoms with Gasteiger partial charge in [-0.2, -0.15) is 8.78 Å². The second-order valence-electron chi connectivity index (χ2n) is 4.90. The number of ether oxygens (including phenoxy) is 3. The van der Waals surface area contributed by atoms with E-state index >= 15 is 0 Å². The Kier molecular flexibility index (Phi) is 8.87. The van der Waals surface area contributed by atoms with Gasteiger partial charge in [0.15, 0.2) is 17.5 Å². The number of unbranched alkanes of at least 4 members (excludes halogenated alkanes) is 1. The number of alkyl halides is 2. The summed E-state index contributed by atoms with van der Waals surface area (Å²) in [5, 5.41) is 6.21. The lowest BCUT2D eigenvalue weighted by Gasteiger charge is -2.15. The first kappa shape index (κ1) is 20.5. The van der Waals surface area contributed by atoms with Crippen LogP contribution in [0.5, 0.6) is 17.2 Å². The molecular formula is C15H22F2IN3O3. The topological polar surface area (TPSA) is 64.1 Å². The Morgan fingerprint density at radius 3 is 2.62 bits per heavy atom. The minimum absolute atomic E-state index is 0. The Bertz CT molecular complexity index is 559. The highest BCUT2D eigenvalue weighted by Crippen LogP contribution is 2.38. The van der Waals surface area contributed by atoms with Gasteiger partial charge >= 0.3 is 6.61 Å². The fraction of sp³-hybridized carbons (Fsp3) is 0.533. The maximum Gasteiger partial charge on any atom is 0.387 e. The maximum absolute atomic E-state index is 12.6. The summed E-state index contributed by atoms with van der Waals surface area (Å²) in [5.74, 6) is 1.56. The van der Waals surface area contributed by atoms with Crippen LogP contribution in [0, 0.1) is 0 Å². The lowest BCUT2D eigenvalue weighted by Crippen LogP contribution is -2.37. The van der Waals surface area contributed by atoms with Crippen molar-refractivity contribution in [2.75, 3.05) is 20.4 Å². The van der Waals surface area contributed by atoms with Crippen molar-refractivity contribution in [3.05, 3.63) is 17.7 Å². The second-order valence-corrected chi connectivity index (χ2v) is 4.90. The third-order valence-corrected chi connectivity index (χ3v) is 3.26. The molecule has 0 aromatic heterocycles. The van der Waals surface area contributed by atoms with Gasteiger partial charge in [0, 0.05) is 31.8 Å². The first-order valence-electron chi connectivity index (χ1n) is 7.46. The van der Waals surface area contributed by atoms with Gasteiger partial charge in [0.1, 0.15) is 5.75 Å². The Balaban J connectivity index is 0.00000288. The minimum atomic E-state index is -2.91. The lowest BCUT2D eigenvalue weighted by atomic mass is 10.1. The second kappa shape index (κ2) is 10.4. The summed E-state index contributed by atoms with van der Waals surface area (Å²) in [7, 11) is 1.65. The molecular weight excluding hydrogens is 435 g/mol. The third kappa shape index (κ3) is 5.84. The molecule has 0 saturated carbocycles. The molecule has 0 radical (unpaired) electrons. The molecule has 1 aliphatic rings. The number of fused-ring (bicyclic) bond motifs is 1. The number of nitrogens with zero attached hydrogens (tertiary/aromatic N) is 1. The number of hydrogen-bond donors (Lipinski definition) is 2. The van der Waals surface area contributed by atoms with Crippen LogP contribution in [-0.2, 0) is 6.54 Å². The van der Waals surface area contributed by atoms with Crippen LogP contribution in [0.25, 0.3) is 0 Å². The zero-order valence-corrected chi connectivity index (χ0v) is 15.9. The number of nitrogens with one attached hydrogen (secondary N) is 2. The molecule has 2 rings (SSSR count). The van der Waals surface area contributed by atoms with Crippen molar-refractivity contribution in [1.82, 2.24) is 10.6 Å². The normalized spacial score (nSPS) is 12.8. The average Bonchev–Trinajstić information content (AvgIpc) is 2.97. The minimum Gasteiger partial charge on any atom is -0.454 e. The van der Waals surface area contributed by atoms with Gasteiger partial charge in [-0.1, -0.05) is 13.3 Å². The van der Waals surface area contributed by atoms with E-state index < -0.39 is 6.61 Å². The Morgan fingerprint density at radius 1 is 1.29 bits per heavy atom. The average molecular weight is 457 g/mol.